The van der Waals surface area contributed by atoms with Crippen molar-refractivity contribution in [3.63, 3.8) is 0 Å². The summed E-state index contributed by atoms with van der Waals surface area (Å²) in [5.74, 6) is 0.271. The number of pyridine rings is 1. The summed E-state index contributed by atoms with van der Waals surface area (Å²) in [6.07, 6.45) is 9.73. The molecule has 2 rings (SSSR count). The number of carbonyl (C=O) groups is 1. The molecule has 116 valence electrons. The van der Waals surface area contributed by atoms with Crippen molar-refractivity contribution in [2.75, 3.05) is 19.6 Å². The fraction of sp³-hybridized carbons (Fsp3) is 0.647. The number of aromatic nitrogens is 1. The van der Waals surface area contributed by atoms with Crippen molar-refractivity contribution in [1.82, 2.24) is 15.2 Å². The van der Waals surface area contributed by atoms with Crippen molar-refractivity contribution >= 4 is 5.91 Å². The number of carbonyl (C=O) groups excluding carboxylic acids is 1. The van der Waals surface area contributed by atoms with Gasteiger partial charge in [0.1, 0.15) is 0 Å². The molecule has 0 aromatic carbocycles. The zero-order valence-corrected chi connectivity index (χ0v) is 13.1. The van der Waals surface area contributed by atoms with Gasteiger partial charge in [0, 0.05) is 37.9 Å². The van der Waals surface area contributed by atoms with Gasteiger partial charge in [0.05, 0.1) is 0 Å². The van der Waals surface area contributed by atoms with Gasteiger partial charge >= 0.3 is 0 Å². The molecule has 0 saturated carbocycles. The second-order valence-electron chi connectivity index (χ2n) is 5.85. The van der Waals surface area contributed by atoms with Crippen LogP contribution in [0.15, 0.2) is 24.5 Å². The quantitative estimate of drug-likeness (QED) is 0.838. The van der Waals surface area contributed by atoms with Gasteiger partial charge in [0.15, 0.2) is 0 Å². The molecule has 4 heteroatoms. The van der Waals surface area contributed by atoms with Crippen LogP contribution < -0.4 is 5.32 Å². The van der Waals surface area contributed by atoms with Crippen LogP contribution in [0.3, 0.4) is 0 Å². The average molecular weight is 289 g/mol. The number of rotatable bonds is 7. The fourth-order valence-corrected chi connectivity index (χ4v) is 2.89. The van der Waals surface area contributed by atoms with Crippen LogP contribution in [0, 0.1) is 0 Å². The predicted molar refractivity (Wildman–Crippen MR) is 85.1 cm³/mol. The minimum Gasteiger partial charge on any atom is -0.341 e. The molecule has 1 aromatic rings. The van der Waals surface area contributed by atoms with Crippen molar-refractivity contribution in [2.45, 2.75) is 51.5 Å². The first-order chi connectivity index (χ1) is 10.3. The molecule has 1 aliphatic rings. The highest BCUT2D eigenvalue weighted by molar-refractivity contribution is 5.76. The topological polar surface area (TPSA) is 45.2 Å². The highest BCUT2D eigenvalue weighted by atomic mass is 16.2. The van der Waals surface area contributed by atoms with Crippen LogP contribution in [0.5, 0.6) is 0 Å². The summed E-state index contributed by atoms with van der Waals surface area (Å²) in [5, 5.41) is 3.53. The van der Waals surface area contributed by atoms with E-state index in [0.29, 0.717) is 12.5 Å². The first kappa shape index (κ1) is 16.0. The van der Waals surface area contributed by atoms with Gasteiger partial charge in [-0.15, -0.1) is 0 Å². The molecule has 1 fully saturated rings. The van der Waals surface area contributed by atoms with E-state index >= 15 is 0 Å². The molecule has 1 aromatic heterocycles. The Morgan fingerprint density at radius 1 is 1.48 bits per heavy atom. The van der Waals surface area contributed by atoms with E-state index in [1.807, 2.05) is 23.2 Å². The van der Waals surface area contributed by atoms with E-state index in [1.54, 1.807) is 6.20 Å². The molecule has 4 nitrogen and oxygen atoms in total. The van der Waals surface area contributed by atoms with Gasteiger partial charge in [-0.1, -0.05) is 19.4 Å². The second kappa shape index (κ2) is 8.78. The lowest BCUT2D eigenvalue weighted by Gasteiger charge is -2.30. The van der Waals surface area contributed by atoms with Crippen molar-refractivity contribution in [3.8, 4) is 0 Å². The van der Waals surface area contributed by atoms with Gasteiger partial charge in [-0.2, -0.15) is 0 Å². The Kier molecular flexibility index (Phi) is 6.67. The van der Waals surface area contributed by atoms with Crippen LogP contribution in [-0.2, 0) is 11.2 Å². The Bertz CT molecular complexity index is 415. The minimum absolute atomic E-state index is 0.271. The third-order valence-corrected chi connectivity index (χ3v) is 4.05. The predicted octanol–water partition coefficient (Wildman–Crippen LogP) is 2.39. The maximum atomic E-state index is 12.5. The summed E-state index contributed by atoms with van der Waals surface area (Å²) >= 11 is 0. The van der Waals surface area contributed by atoms with Gasteiger partial charge < -0.3 is 10.2 Å². The van der Waals surface area contributed by atoms with Crippen LogP contribution in [-0.4, -0.2) is 41.5 Å². The number of hydrogen-bond acceptors (Lipinski definition) is 3. The average Bonchev–Trinajstić information content (AvgIpc) is 2.54. The van der Waals surface area contributed by atoms with E-state index in [1.165, 1.54) is 19.3 Å². The highest BCUT2D eigenvalue weighted by Crippen LogP contribution is 2.11. The largest absolute Gasteiger partial charge is 0.341 e. The number of piperidine rings is 1. The van der Waals surface area contributed by atoms with Crippen LogP contribution in [0.2, 0.25) is 0 Å². The summed E-state index contributed by atoms with van der Waals surface area (Å²) in [4.78, 5) is 18.6. The monoisotopic (exact) mass is 289 g/mol. The summed E-state index contributed by atoms with van der Waals surface area (Å²) in [6.45, 7) is 4.95. The van der Waals surface area contributed by atoms with E-state index in [0.717, 1.165) is 38.0 Å². The Hall–Kier alpha value is -1.42. The van der Waals surface area contributed by atoms with Gasteiger partial charge in [-0.05, 0) is 43.9 Å². The zero-order valence-electron chi connectivity index (χ0n) is 13.1. The number of aryl methyl sites for hydroxylation is 1. The minimum atomic E-state index is 0.271. The summed E-state index contributed by atoms with van der Waals surface area (Å²) in [5.41, 5.74) is 1.14. The second-order valence-corrected chi connectivity index (χ2v) is 5.85. The van der Waals surface area contributed by atoms with Gasteiger partial charge in [-0.25, -0.2) is 0 Å². The molecule has 1 amide bonds. The highest BCUT2D eigenvalue weighted by Gasteiger charge is 2.19. The van der Waals surface area contributed by atoms with Crippen LogP contribution in [0.25, 0.3) is 0 Å². The normalized spacial score (nSPS) is 18.4. The Morgan fingerprint density at radius 2 is 2.38 bits per heavy atom. The summed E-state index contributed by atoms with van der Waals surface area (Å²) < 4.78 is 0. The molecule has 1 atom stereocenters. The first-order valence-corrected chi connectivity index (χ1v) is 8.19. The standard InChI is InChI=1S/C17H27N3O/c1-2-12-20(14-16-7-3-4-11-19-16)17(21)9-8-15-6-5-10-18-13-15/h5-6,10,13,16,19H,2-4,7-9,11-12,14H2,1H3. The number of nitrogens with zero attached hydrogens (tertiary/aromatic N) is 2. The maximum absolute atomic E-state index is 12.5. The van der Waals surface area contributed by atoms with E-state index in [2.05, 4.69) is 17.2 Å². The molecular weight excluding hydrogens is 262 g/mol. The summed E-state index contributed by atoms with van der Waals surface area (Å²) in [7, 11) is 0. The van der Waals surface area contributed by atoms with E-state index in [9.17, 15) is 4.79 Å². The van der Waals surface area contributed by atoms with Crippen LogP contribution >= 0.6 is 0 Å². The first-order valence-electron chi connectivity index (χ1n) is 8.19. The number of amides is 1. The van der Waals surface area contributed by atoms with E-state index in [4.69, 9.17) is 0 Å². The van der Waals surface area contributed by atoms with Crippen molar-refractivity contribution in [3.05, 3.63) is 30.1 Å². The van der Waals surface area contributed by atoms with E-state index in [-0.39, 0.29) is 5.91 Å². The van der Waals surface area contributed by atoms with Crippen LogP contribution in [0.4, 0.5) is 0 Å². The van der Waals surface area contributed by atoms with Gasteiger partial charge in [0.25, 0.3) is 0 Å². The summed E-state index contributed by atoms with van der Waals surface area (Å²) in [6, 6.07) is 4.44. The van der Waals surface area contributed by atoms with Crippen LogP contribution in [0.1, 0.15) is 44.6 Å². The maximum Gasteiger partial charge on any atom is 0.222 e. The fourth-order valence-electron chi connectivity index (χ4n) is 2.89. The molecule has 21 heavy (non-hydrogen) atoms. The Balaban J connectivity index is 1.82. The molecule has 1 unspecified atom stereocenters. The SMILES string of the molecule is CCCN(CC1CCCCN1)C(=O)CCc1cccnc1. The van der Waals surface area contributed by atoms with E-state index < -0.39 is 0 Å². The third kappa shape index (κ3) is 5.46. The van der Waals surface area contributed by atoms with Gasteiger partial charge in [-0.3, -0.25) is 9.78 Å². The molecule has 2 heterocycles. The Morgan fingerprint density at radius 3 is 3.05 bits per heavy atom. The molecular formula is C17H27N3O. The lowest BCUT2D eigenvalue weighted by atomic mass is 10.0. The zero-order chi connectivity index (χ0) is 14.9. The molecule has 0 radical (unpaired) electrons. The van der Waals surface area contributed by atoms with Crippen molar-refractivity contribution in [1.29, 1.82) is 0 Å². The molecule has 0 bridgehead atoms. The molecule has 1 saturated heterocycles. The Labute approximate surface area is 127 Å². The molecule has 0 aliphatic carbocycles. The lowest BCUT2D eigenvalue weighted by molar-refractivity contribution is -0.131. The van der Waals surface area contributed by atoms with Crippen molar-refractivity contribution < 1.29 is 4.79 Å². The smallest absolute Gasteiger partial charge is 0.222 e. The number of hydrogen-bond donors (Lipinski definition) is 1. The molecule has 0 spiro atoms. The third-order valence-electron chi connectivity index (χ3n) is 4.05. The molecule has 1 aliphatic heterocycles. The molecule has 1 N–H and O–H groups in total. The van der Waals surface area contributed by atoms with Gasteiger partial charge in [0.2, 0.25) is 5.91 Å². The number of nitrogens with one attached hydrogen (secondary N) is 1. The lowest BCUT2D eigenvalue weighted by Crippen LogP contribution is -2.46. The van der Waals surface area contributed by atoms with Crippen molar-refractivity contribution in [2.24, 2.45) is 0 Å².